The molecule has 2 aromatic heterocycles. The van der Waals surface area contributed by atoms with E-state index < -0.39 is 0 Å². The van der Waals surface area contributed by atoms with Gasteiger partial charge in [0.1, 0.15) is 4.99 Å². The van der Waals surface area contributed by atoms with Gasteiger partial charge in [-0.2, -0.15) is 0 Å². The number of halogens is 1. The van der Waals surface area contributed by atoms with Crippen molar-refractivity contribution in [3.8, 4) is 0 Å². The van der Waals surface area contributed by atoms with Crippen LogP contribution in [0.4, 0.5) is 5.69 Å². The maximum Gasteiger partial charge on any atom is 0.122 e. The number of rotatable bonds is 4. The van der Waals surface area contributed by atoms with Crippen LogP contribution in [0.25, 0.3) is 0 Å². The molecule has 0 bridgehead atoms. The average molecular weight is 328 g/mol. The Kier molecular flexibility index (Phi) is 4.09. The van der Waals surface area contributed by atoms with Crippen molar-refractivity contribution in [2.45, 2.75) is 6.54 Å². The molecule has 0 unspecified atom stereocenters. The number of nitrogens with one attached hydrogen (secondary N) is 1. The molecule has 0 aliphatic rings. The minimum Gasteiger partial charge on any atom is -0.388 e. The summed E-state index contributed by atoms with van der Waals surface area (Å²) >= 11 is 10.0. The van der Waals surface area contributed by atoms with Crippen molar-refractivity contribution in [3.63, 3.8) is 0 Å². The number of nitrogens with two attached hydrogens (primary N) is 1. The van der Waals surface area contributed by atoms with E-state index in [4.69, 9.17) is 18.0 Å². The van der Waals surface area contributed by atoms with E-state index in [1.165, 1.54) is 4.88 Å². The van der Waals surface area contributed by atoms with Gasteiger partial charge in [-0.1, -0.05) is 12.2 Å². The number of thiocarbonyl (C=S) groups is 1. The maximum absolute atomic E-state index is 5.53. The number of aromatic nitrogens is 1. The normalized spacial score (nSPS) is 10.2. The lowest BCUT2D eigenvalue weighted by Crippen LogP contribution is -2.11. The standard InChI is InChI=1S/C11H10BrN3S2/c12-10-2-1-8(17-10)6-15-7-3-4-14-9(5-7)11(13)16/h1-5H,6H2,(H2,13,16)(H,14,15). The molecule has 0 aromatic carbocycles. The summed E-state index contributed by atoms with van der Waals surface area (Å²) in [7, 11) is 0. The molecule has 2 aromatic rings. The predicted molar refractivity (Wildman–Crippen MR) is 79.5 cm³/mol. The van der Waals surface area contributed by atoms with Crippen LogP contribution >= 0.6 is 39.5 Å². The Balaban J connectivity index is 2.04. The van der Waals surface area contributed by atoms with Gasteiger partial charge in [-0.25, -0.2) is 0 Å². The van der Waals surface area contributed by atoms with E-state index in [0.29, 0.717) is 10.7 Å². The van der Waals surface area contributed by atoms with E-state index in [2.05, 4.69) is 32.3 Å². The fourth-order valence-electron chi connectivity index (χ4n) is 1.31. The monoisotopic (exact) mass is 327 g/mol. The first-order valence-corrected chi connectivity index (χ1v) is 6.91. The molecule has 0 saturated heterocycles. The van der Waals surface area contributed by atoms with Crippen molar-refractivity contribution in [1.82, 2.24) is 4.98 Å². The SMILES string of the molecule is NC(=S)c1cc(NCc2ccc(Br)s2)ccn1. The van der Waals surface area contributed by atoms with Gasteiger partial charge in [0.25, 0.3) is 0 Å². The van der Waals surface area contributed by atoms with Crippen molar-refractivity contribution in [2.24, 2.45) is 5.73 Å². The highest BCUT2D eigenvalue weighted by molar-refractivity contribution is 9.11. The zero-order valence-corrected chi connectivity index (χ0v) is 12.0. The smallest absolute Gasteiger partial charge is 0.122 e. The maximum atomic E-state index is 5.53. The van der Waals surface area contributed by atoms with E-state index in [-0.39, 0.29) is 0 Å². The summed E-state index contributed by atoms with van der Waals surface area (Å²) in [6.07, 6.45) is 1.70. The highest BCUT2D eigenvalue weighted by atomic mass is 79.9. The van der Waals surface area contributed by atoms with Gasteiger partial charge in [0.15, 0.2) is 0 Å². The quantitative estimate of drug-likeness (QED) is 0.847. The third-order valence-corrected chi connectivity index (χ3v) is 3.94. The van der Waals surface area contributed by atoms with Gasteiger partial charge in [-0.15, -0.1) is 11.3 Å². The molecule has 17 heavy (non-hydrogen) atoms. The zero-order chi connectivity index (χ0) is 12.3. The van der Waals surface area contributed by atoms with Crippen LogP contribution in [0.15, 0.2) is 34.2 Å². The van der Waals surface area contributed by atoms with Gasteiger partial charge in [-0.3, -0.25) is 4.98 Å². The fourth-order valence-corrected chi connectivity index (χ4v) is 2.85. The van der Waals surface area contributed by atoms with Gasteiger partial charge in [0, 0.05) is 23.3 Å². The van der Waals surface area contributed by atoms with E-state index in [0.717, 1.165) is 16.0 Å². The predicted octanol–water partition coefficient (Wildman–Crippen LogP) is 3.15. The Morgan fingerprint density at radius 2 is 2.29 bits per heavy atom. The number of anilines is 1. The van der Waals surface area contributed by atoms with Crippen molar-refractivity contribution in [1.29, 1.82) is 0 Å². The van der Waals surface area contributed by atoms with Crippen LogP contribution in [-0.4, -0.2) is 9.97 Å². The lowest BCUT2D eigenvalue weighted by atomic mass is 10.3. The number of thiophene rings is 1. The van der Waals surface area contributed by atoms with Gasteiger partial charge in [-0.05, 0) is 40.2 Å². The molecule has 2 heterocycles. The van der Waals surface area contributed by atoms with Crippen molar-refractivity contribution in [3.05, 3.63) is 44.8 Å². The largest absolute Gasteiger partial charge is 0.388 e. The minimum absolute atomic E-state index is 0.313. The van der Waals surface area contributed by atoms with Gasteiger partial charge < -0.3 is 11.1 Å². The lowest BCUT2D eigenvalue weighted by Gasteiger charge is -2.05. The number of nitrogens with zero attached hydrogens (tertiary/aromatic N) is 1. The summed E-state index contributed by atoms with van der Waals surface area (Å²) in [5.41, 5.74) is 7.13. The molecule has 0 amide bonds. The van der Waals surface area contributed by atoms with Crippen LogP contribution in [-0.2, 0) is 6.54 Å². The summed E-state index contributed by atoms with van der Waals surface area (Å²) in [5, 5.41) is 3.30. The summed E-state index contributed by atoms with van der Waals surface area (Å²) in [6, 6.07) is 7.86. The summed E-state index contributed by atoms with van der Waals surface area (Å²) in [5.74, 6) is 0. The molecule has 0 saturated carbocycles. The molecule has 3 nitrogen and oxygen atoms in total. The molecular formula is C11H10BrN3S2. The van der Waals surface area contributed by atoms with Gasteiger partial charge >= 0.3 is 0 Å². The topological polar surface area (TPSA) is 50.9 Å². The Labute approximate surface area is 117 Å². The molecule has 0 fully saturated rings. The summed E-state index contributed by atoms with van der Waals surface area (Å²) in [6.45, 7) is 0.775. The van der Waals surface area contributed by atoms with Crippen LogP contribution in [0.2, 0.25) is 0 Å². The summed E-state index contributed by atoms with van der Waals surface area (Å²) in [4.78, 5) is 5.65. The van der Waals surface area contributed by atoms with Crippen molar-refractivity contribution in [2.75, 3.05) is 5.32 Å². The third-order valence-electron chi connectivity index (χ3n) is 2.11. The van der Waals surface area contributed by atoms with Gasteiger partial charge in [0.2, 0.25) is 0 Å². The first-order chi connectivity index (χ1) is 8.15. The first-order valence-electron chi connectivity index (χ1n) is 4.89. The molecule has 0 spiro atoms. The molecular weight excluding hydrogens is 318 g/mol. The molecule has 0 radical (unpaired) electrons. The Morgan fingerprint density at radius 1 is 1.47 bits per heavy atom. The van der Waals surface area contributed by atoms with Crippen LogP contribution in [0.3, 0.4) is 0 Å². The Morgan fingerprint density at radius 3 is 2.94 bits per heavy atom. The zero-order valence-electron chi connectivity index (χ0n) is 8.81. The number of hydrogen-bond acceptors (Lipinski definition) is 4. The van der Waals surface area contributed by atoms with Crippen molar-refractivity contribution >= 4 is 50.2 Å². The molecule has 3 N–H and O–H groups in total. The first kappa shape index (κ1) is 12.5. The van der Waals surface area contributed by atoms with Crippen molar-refractivity contribution < 1.29 is 0 Å². The van der Waals surface area contributed by atoms with E-state index in [1.807, 2.05) is 18.2 Å². The van der Waals surface area contributed by atoms with Crippen LogP contribution in [0.5, 0.6) is 0 Å². The second-order valence-electron chi connectivity index (χ2n) is 3.35. The lowest BCUT2D eigenvalue weighted by molar-refractivity contribution is 1.18. The summed E-state index contributed by atoms with van der Waals surface area (Å²) < 4.78 is 1.13. The third kappa shape index (κ3) is 3.49. The Hall–Kier alpha value is -0.980. The highest BCUT2D eigenvalue weighted by Gasteiger charge is 2.01. The van der Waals surface area contributed by atoms with E-state index in [9.17, 15) is 0 Å². The minimum atomic E-state index is 0.313. The van der Waals surface area contributed by atoms with Crippen LogP contribution < -0.4 is 11.1 Å². The molecule has 6 heteroatoms. The molecule has 88 valence electrons. The van der Waals surface area contributed by atoms with Crippen LogP contribution in [0, 0.1) is 0 Å². The molecule has 0 atom stereocenters. The van der Waals surface area contributed by atoms with E-state index in [1.54, 1.807) is 17.5 Å². The highest BCUT2D eigenvalue weighted by Crippen LogP contribution is 2.22. The second kappa shape index (κ2) is 5.57. The van der Waals surface area contributed by atoms with E-state index >= 15 is 0 Å². The molecule has 0 aliphatic heterocycles. The molecule has 2 rings (SSSR count). The number of hydrogen-bond donors (Lipinski definition) is 2. The second-order valence-corrected chi connectivity index (χ2v) is 6.34. The average Bonchev–Trinajstić information content (AvgIpc) is 2.73. The number of pyridine rings is 1. The van der Waals surface area contributed by atoms with Gasteiger partial charge in [0.05, 0.1) is 9.48 Å². The molecule has 0 aliphatic carbocycles. The fraction of sp³-hybridized carbons (Fsp3) is 0.0909. The Bertz CT molecular complexity index is 539. The van der Waals surface area contributed by atoms with Crippen LogP contribution in [0.1, 0.15) is 10.6 Å².